The molecule has 4 nitrogen and oxygen atoms in total. The van der Waals surface area contributed by atoms with Gasteiger partial charge in [0.1, 0.15) is 0 Å². The number of carbonyl (C=O) groups excluding carboxylic acids is 1. The Hall–Kier alpha value is -2.27. The molecule has 0 N–H and O–H groups in total. The number of nitrogens with zero attached hydrogens (tertiary/aromatic N) is 1. The molecular formula is C23H26BrNO3. The van der Waals surface area contributed by atoms with Crippen LogP contribution in [0.15, 0.2) is 40.9 Å². The fraction of sp³-hybridized carbons (Fsp3) is 0.348. The fourth-order valence-electron chi connectivity index (χ4n) is 3.38. The second kappa shape index (κ2) is 8.82. The molecule has 148 valence electrons. The van der Waals surface area contributed by atoms with Crippen molar-refractivity contribution in [3.8, 4) is 11.5 Å². The Kier molecular flexibility index (Phi) is 6.45. The van der Waals surface area contributed by atoms with Gasteiger partial charge in [0.25, 0.3) is 5.91 Å². The lowest BCUT2D eigenvalue weighted by Gasteiger charge is -2.19. The van der Waals surface area contributed by atoms with Crippen LogP contribution in [0.25, 0.3) is 11.6 Å². The number of rotatable bonds is 7. The molecule has 0 bridgehead atoms. The summed E-state index contributed by atoms with van der Waals surface area (Å²) in [7, 11) is 0. The van der Waals surface area contributed by atoms with Gasteiger partial charge in [-0.1, -0.05) is 32.0 Å². The van der Waals surface area contributed by atoms with Gasteiger partial charge in [-0.2, -0.15) is 0 Å². The number of hydrogen-bond acceptors (Lipinski definition) is 3. The SMILES string of the molecule is CCOc1cc(/C=C2\C(=O)N(CC(C)C)c3ccccc32)cc(Br)c1OCC. The van der Waals surface area contributed by atoms with E-state index in [1.807, 2.05) is 61.2 Å². The third-order valence-electron chi connectivity index (χ3n) is 4.44. The van der Waals surface area contributed by atoms with Gasteiger partial charge in [0.05, 0.1) is 23.4 Å². The first-order valence-corrected chi connectivity index (χ1v) is 10.5. The molecule has 28 heavy (non-hydrogen) atoms. The first-order chi connectivity index (χ1) is 13.5. The van der Waals surface area contributed by atoms with Gasteiger partial charge in [-0.15, -0.1) is 0 Å². The Morgan fingerprint density at radius 2 is 1.82 bits per heavy atom. The van der Waals surface area contributed by atoms with Crippen molar-refractivity contribution in [3.63, 3.8) is 0 Å². The van der Waals surface area contributed by atoms with Crippen molar-refractivity contribution >= 4 is 39.2 Å². The summed E-state index contributed by atoms with van der Waals surface area (Å²) in [6.45, 7) is 9.91. The maximum absolute atomic E-state index is 13.2. The van der Waals surface area contributed by atoms with E-state index in [0.717, 1.165) is 21.3 Å². The van der Waals surface area contributed by atoms with Crippen molar-refractivity contribution in [2.24, 2.45) is 5.92 Å². The molecule has 2 aromatic rings. The maximum atomic E-state index is 13.2. The lowest BCUT2D eigenvalue weighted by atomic mass is 10.0. The van der Waals surface area contributed by atoms with E-state index in [-0.39, 0.29) is 5.91 Å². The summed E-state index contributed by atoms with van der Waals surface area (Å²) in [5, 5.41) is 0. The summed E-state index contributed by atoms with van der Waals surface area (Å²) in [5.74, 6) is 1.79. The topological polar surface area (TPSA) is 38.8 Å². The van der Waals surface area contributed by atoms with Crippen molar-refractivity contribution in [2.75, 3.05) is 24.7 Å². The van der Waals surface area contributed by atoms with Crippen LogP contribution in [0.2, 0.25) is 0 Å². The molecule has 1 amide bonds. The van der Waals surface area contributed by atoms with E-state index in [9.17, 15) is 4.79 Å². The monoisotopic (exact) mass is 443 g/mol. The number of amides is 1. The van der Waals surface area contributed by atoms with E-state index in [1.165, 1.54) is 0 Å². The highest BCUT2D eigenvalue weighted by Gasteiger charge is 2.32. The lowest BCUT2D eigenvalue weighted by Crippen LogP contribution is -2.30. The van der Waals surface area contributed by atoms with Gasteiger partial charge in [0.2, 0.25) is 0 Å². The number of carbonyl (C=O) groups is 1. The molecule has 0 saturated carbocycles. The minimum absolute atomic E-state index is 0.0397. The molecule has 0 aromatic heterocycles. The van der Waals surface area contributed by atoms with Crippen LogP contribution < -0.4 is 14.4 Å². The summed E-state index contributed by atoms with van der Waals surface area (Å²) in [6, 6.07) is 11.8. The Bertz CT molecular complexity index is 905. The number of anilines is 1. The average Bonchev–Trinajstić information content (AvgIpc) is 2.90. The van der Waals surface area contributed by atoms with Crippen LogP contribution in [0.3, 0.4) is 0 Å². The lowest BCUT2D eigenvalue weighted by molar-refractivity contribution is -0.113. The van der Waals surface area contributed by atoms with E-state index < -0.39 is 0 Å². The summed E-state index contributed by atoms with van der Waals surface area (Å²) in [4.78, 5) is 15.0. The minimum atomic E-state index is 0.0397. The molecule has 1 aliphatic rings. The Morgan fingerprint density at radius 3 is 2.50 bits per heavy atom. The van der Waals surface area contributed by atoms with Gasteiger partial charge in [0, 0.05) is 17.7 Å². The van der Waals surface area contributed by atoms with E-state index >= 15 is 0 Å². The Morgan fingerprint density at radius 1 is 1.11 bits per heavy atom. The molecule has 5 heteroatoms. The standard InChI is InChI=1S/C23H26BrNO3/c1-5-27-21-13-16(12-19(24)22(21)28-6-2)11-18-17-9-7-8-10-20(17)25(23(18)26)14-15(3)4/h7-13,15H,5-6,14H2,1-4H3/b18-11-. The predicted octanol–water partition coefficient (Wildman–Crippen LogP) is 5.79. The van der Waals surface area contributed by atoms with Gasteiger partial charge >= 0.3 is 0 Å². The van der Waals surface area contributed by atoms with Crippen molar-refractivity contribution in [1.82, 2.24) is 0 Å². The fourth-order valence-corrected chi connectivity index (χ4v) is 3.95. The van der Waals surface area contributed by atoms with Gasteiger partial charge < -0.3 is 14.4 Å². The molecule has 0 aliphatic carbocycles. The normalized spacial score (nSPS) is 14.7. The first kappa shape index (κ1) is 20.5. The molecule has 0 fully saturated rings. The second-order valence-corrected chi connectivity index (χ2v) is 7.94. The quantitative estimate of drug-likeness (QED) is 0.508. The molecule has 0 radical (unpaired) electrons. The zero-order valence-electron chi connectivity index (χ0n) is 16.8. The number of halogens is 1. The molecule has 0 unspecified atom stereocenters. The van der Waals surface area contributed by atoms with E-state index in [0.29, 0.717) is 42.7 Å². The van der Waals surface area contributed by atoms with Crippen molar-refractivity contribution in [2.45, 2.75) is 27.7 Å². The highest BCUT2D eigenvalue weighted by atomic mass is 79.9. The number of hydrogen-bond donors (Lipinski definition) is 0. The van der Waals surface area contributed by atoms with Crippen LogP contribution >= 0.6 is 15.9 Å². The number of benzene rings is 2. The van der Waals surface area contributed by atoms with Crippen LogP contribution in [0, 0.1) is 5.92 Å². The molecule has 1 heterocycles. The number of para-hydroxylation sites is 1. The highest BCUT2D eigenvalue weighted by molar-refractivity contribution is 9.10. The molecular weight excluding hydrogens is 418 g/mol. The predicted molar refractivity (Wildman–Crippen MR) is 118 cm³/mol. The first-order valence-electron chi connectivity index (χ1n) is 9.68. The highest BCUT2D eigenvalue weighted by Crippen LogP contribution is 2.41. The zero-order valence-corrected chi connectivity index (χ0v) is 18.4. The smallest absolute Gasteiger partial charge is 0.259 e. The van der Waals surface area contributed by atoms with Crippen molar-refractivity contribution < 1.29 is 14.3 Å². The molecule has 3 rings (SSSR count). The minimum Gasteiger partial charge on any atom is -0.490 e. The van der Waals surface area contributed by atoms with Crippen LogP contribution in [-0.4, -0.2) is 25.7 Å². The molecule has 2 aromatic carbocycles. The largest absolute Gasteiger partial charge is 0.490 e. The molecule has 0 saturated heterocycles. The maximum Gasteiger partial charge on any atom is 0.259 e. The molecule has 0 atom stereocenters. The van der Waals surface area contributed by atoms with Crippen molar-refractivity contribution in [1.29, 1.82) is 0 Å². The molecule has 1 aliphatic heterocycles. The second-order valence-electron chi connectivity index (χ2n) is 7.08. The number of fused-ring (bicyclic) bond motifs is 1. The summed E-state index contributed by atoms with van der Waals surface area (Å²) in [5.41, 5.74) is 3.54. The van der Waals surface area contributed by atoms with Gasteiger partial charge in [-0.3, -0.25) is 4.79 Å². The van der Waals surface area contributed by atoms with E-state index in [1.54, 1.807) is 0 Å². The van der Waals surface area contributed by atoms with Crippen LogP contribution in [0.1, 0.15) is 38.8 Å². The van der Waals surface area contributed by atoms with E-state index in [2.05, 4.69) is 29.8 Å². The summed E-state index contributed by atoms with van der Waals surface area (Å²) in [6.07, 6.45) is 1.94. The van der Waals surface area contributed by atoms with Crippen molar-refractivity contribution in [3.05, 3.63) is 52.0 Å². The van der Waals surface area contributed by atoms with Crippen LogP contribution in [-0.2, 0) is 4.79 Å². The summed E-state index contributed by atoms with van der Waals surface area (Å²) >= 11 is 3.58. The molecule has 0 spiro atoms. The Balaban J connectivity index is 2.07. The van der Waals surface area contributed by atoms with Crippen LogP contribution in [0.5, 0.6) is 11.5 Å². The summed E-state index contributed by atoms with van der Waals surface area (Å²) < 4.78 is 12.3. The van der Waals surface area contributed by atoms with E-state index in [4.69, 9.17) is 9.47 Å². The van der Waals surface area contributed by atoms with Gasteiger partial charge in [-0.25, -0.2) is 0 Å². The number of ether oxygens (including phenoxy) is 2. The third-order valence-corrected chi connectivity index (χ3v) is 5.03. The van der Waals surface area contributed by atoms with Gasteiger partial charge in [0.15, 0.2) is 11.5 Å². The zero-order chi connectivity index (χ0) is 20.3. The third kappa shape index (κ3) is 4.09. The Labute approximate surface area is 175 Å². The van der Waals surface area contributed by atoms with Gasteiger partial charge in [-0.05, 0) is 65.5 Å². The van der Waals surface area contributed by atoms with Crippen LogP contribution in [0.4, 0.5) is 5.69 Å². The average molecular weight is 444 g/mol.